The Morgan fingerprint density at radius 3 is 1.71 bits per heavy atom. The van der Waals surface area contributed by atoms with Gasteiger partial charge in [0, 0.05) is 11.5 Å². The maximum atomic E-state index is 10.7. The highest BCUT2D eigenvalue weighted by Gasteiger charge is 1.92. The fraction of sp³-hybridized carbons (Fsp3) is 0. The first-order valence-corrected chi connectivity index (χ1v) is 6.29. The normalized spacial score (nSPS) is 9.14. The van der Waals surface area contributed by atoms with Crippen LogP contribution in [0.3, 0.4) is 0 Å². The monoisotopic (exact) mass is 282 g/mol. The van der Waals surface area contributed by atoms with E-state index in [9.17, 15) is 4.79 Å². The smallest absolute Gasteiger partial charge is 0.336 e. The number of rotatable bonds is 0. The average Bonchev–Trinajstić information content (AvgIpc) is 3.25. The zero-order valence-corrected chi connectivity index (χ0v) is 11.2. The lowest BCUT2D eigenvalue weighted by Crippen LogP contribution is -1.93. The number of hydrogen-bond acceptors (Lipinski definition) is 4. The maximum absolute atomic E-state index is 10.7. The molecule has 3 aromatic heterocycles. The van der Waals surface area contributed by atoms with Gasteiger partial charge in [0.1, 0.15) is 5.58 Å². The first kappa shape index (κ1) is 14.4. The molecule has 106 valence electrons. The molecule has 21 heavy (non-hydrogen) atoms. The highest BCUT2D eigenvalue weighted by molar-refractivity contribution is 5.75. The third-order valence-corrected chi connectivity index (χ3v) is 2.38. The molecule has 0 saturated carbocycles. The first-order valence-electron chi connectivity index (χ1n) is 6.29. The van der Waals surface area contributed by atoms with Crippen LogP contribution in [-0.4, -0.2) is 0 Å². The minimum Gasteiger partial charge on any atom is -0.473 e. The van der Waals surface area contributed by atoms with Crippen molar-refractivity contribution < 1.29 is 13.3 Å². The van der Waals surface area contributed by atoms with Crippen LogP contribution in [0, 0.1) is 0 Å². The molecule has 0 atom stereocenters. The molecule has 3 heterocycles. The second-order valence-corrected chi connectivity index (χ2v) is 3.88. The molecule has 0 N–H and O–H groups in total. The topological polar surface area (TPSA) is 56.5 Å². The Morgan fingerprint density at radius 2 is 1.19 bits per heavy atom. The van der Waals surface area contributed by atoms with Gasteiger partial charge in [0.25, 0.3) is 0 Å². The molecular weight excluding hydrogens is 268 g/mol. The SMILES string of the molecule is O=c1ccc2ccccc2o1.c1ccoc1.c1ccoc1. The average molecular weight is 282 g/mol. The Bertz CT molecular complexity index is 707. The standard InChI is InChI=1S/C9H6O2.2C4H4O/c10-9-6-5-7-3-1-2-4-8(7)11-9;2*1-2-4-5-3-1/h1-6H;2*1-4H. The number of benzene rings is 1. The Morgan fingerprint density at radius 1 is 0.619 bits per heavy atom. The summed E-state index contributed by atoms with van der Waals surface area (Å²) in [6.45, 7) is 0. The highest BCUT2D eigenvalue weighted by Crippen LogP contribution is 2.08. The molecule has 4 rings (SSSR count). The van der Waals surface area contributed by atoms with Crippen LogP contribution in [0.4, 0.5) is 0 Å². The van der Waals surface area contributed by atoms with Crippen molar-refractivity contribution in [2.24, 2.45) is 0 Å². The third-order valence-electron chi connectivity index (χ3n) is 2.38. The van der Waals surface area contributed by atoms with Gasteiger partial charge in [-0.05, 0) is 36.4 Å². The quantitative estimate of drug-likeness (QED) is 0.450. The number of para-hydroxylation sites is 1. The predicted molar refractivity (Wildman–Crippen MR) is 79.9 cm³/mol. The third kappa shape index (κ3) is 5.24. The Hall–Kier alpha value is -3.01. The van der Waals surface area contributed by atoms with E-state index in [4.69, 9.17) is 4.42 Å². The second kappa shape index (κ2) is 8.22. The summed E-state index contributed by atoms with van der Waals surface area (Å²) in [4.78, 5) is 10.7. The number of hydrogen-bond donors (Lipinski definition) is 0. The van der Waals surface area contributed by atoms with Gasteiger partial charge in [0.2, 0.25) is 0 Å². The van der Waals surface area contributed by atoms with E-state index in [2.05, 4.69) is 8.83 Å². The van der Waals surface area contributed by atoms with Gasteiger partial charge < -0.3 is 13.3 Å². The molecule has 0 aliphatic rings. The van der Waals surface area contributed by atoms with E-state index >= 15 is 0 Å². The summed E-state index contributed by atoms with van der Waals surface area (Å²) >= 11 is 0. The Balaban J connectivity index is 0.000000134. The molecule has 0 amide bonds. The van der Waals surface area contributed by atoms with Gasteiger partial charge in [-0.15, -0.1) is 0 Å². The molecule has 0 radical (unpaired) electrons. The van der Waals surface area contributed by atoms with Gasteiger partial charge >= 0.3 is 5.63 Å². The van der Waals surface area contributed by atoms with Gasteiger partial charge in [-0.3, -0.25) is 0 Å². The van der Waals surface area contributed by atoms with Crippen molar-refractivity contribution >= 4 is 11.0 Å². The zero-order chi connectivity index (χ0) is 14.8. The maximum Gasteiger partial charge on any atom is 0.336 e. The minimum atomic E-state index is -0.302. The molecule has 0 bridgehead atoms. The van der Waals surface area contributed by atoms with Crippen molar-refractivity contribution in [1.82, 2.24) is 0 Å². The molecule has 1 aromatic carbocycles. The lowest BCUT2D eigenvalue weighted by atomic mass is 10.2. The van der Waals surface area contributed by atoms with Crippen LogP contribution in [0.1, 0.15) is 0 Å². The summed E-state index contributed by atoms with van der Waals surface area (Å²) in [5, 5.41) is 0.951. The van der Waals surface area contributed by atoms with Crippen LogP contribution in [0.5, 0.6) is 0 Å². The summed E-state index contributed by atoms with van der Waals surface area (Å²) in [5.41, 5.74) is 0.337. The molecule has 0 aliphatic carbocycles. The van der Waals surface area contributed by atoms with E-state index in [1.54, 1.807) is 37.2 Å². The molecule has 0 unspecified atom stereocenters. The fourth-order valence-corrected chi connectivity index (χ4v) is 1.46. The van der Waals surface area contributed by atoms with Crippen molar-refractivity contribution in [3.63, 3.8) is 0 Å². The summed E-state index contributed by atoms with van der Waals surface area (Å²) in [6.07, 6.45) is 6.50. The Kier molecular flexibility index (Phi) is 5.64. The minimum absolute atomic E-state index is 0.302. The van der Waals surface area contributed by atoms with E-state index in [1.807, 2.05) is 42.5 Å². The zero-order valence-electron chi connectivity index (χ0n) is 11.2. The van der Waals surface area contributed by atoms with Crippen LogP contribution < -0.4 is 5.63 Å². The molecule has 0 saturated heterocycles. The van der Waals surface area contributed by atoms with Gasteiger partial charge in [-0.25, -0.2) is 4.79 Å². The van der Waals surface area contributed by atoms with Crippen LogP contribution in [0.2, 0.25) is 0 Å². The lowest BCUT2D eigenvalue weighted by molar-refractivity contribution is 0.561. The van der Waals surface area contributed by atoms with Crippen molar-refractivity contribution in [3.8, 4) is 0 Å². The molecule has 4 nitrogen and oxygen atoms in total. The molecule has 0 spiro atoms. The van der Waals surface area contributed by atoms with Crippen molar-refractivity contribution in [2.45, 2.75) is 0 Å². The fourth-order valence-electron chi connectivity index (χ4n) is 1.46. The number of fused-ring (bicyclic) bond motifs is 1. The van der Waals surface area contributed by atoms with Gasteiger partial charge in [0.15, 0.2) is 0 Å². The van der Waals surface area contributed by atoms with E-state index in [-0.39, 0.29) is 5.63 Å². The van der Waals surface area contributed by atoms with Crippen LogP contribution in [-0.2, 0) is 0 Å². The van der Waals surface area contributed by atoms with E-state index in [0.717, 1.165) is 5.39 Å². The molecule has 4 heteroatoms. The second-order valence-electron chi connectivity index (χ2n) is 3.88. The Labute approximate surface area is 121 Å². The summed E-state index contributed by atoms with van der Waals surface area (Å²) in [5.74, 6) is 0. The van der Waals surface area contributed by atoms with E-state index < -0.39 is 0 Å². The molecular formula is C17H14O4. The van der Waals surface area contributed by atoms with Gasteiger partial charge in [-0.1, -0.05) is 18.2 Å². The molecule has 0 fully saturated rings. The summed E-state index contributed by atoms with van der Waals surface area (Å²) in [7, 11) is 0. The molecule has 0 aliphatic heterocycles. The number of furan rings is 2. The predicted octanol–water partition coefficient (Wildman–Crippen LogP) is 4.35. The first-order chi connectivity index (χ1) is 10.4. The van der Waals surface area contributed by atoms with Crippen LogP contribution in [0.15, 0.2) is 104 Å². The van der Waals surface area contributed by atoms with Crippen molar-refractivity contribution in [2.75, 3.05) is 0 Å². The summed E-state index contributed by atoms with van der Waals surface area (Å²) in [6, 6.07) is 17.9. The highest BCUT2D eigenvalue weighted by atomic mass is 16.4. The molecule has 4 aromatic rings. The van der Waals surface area contributed by atoms with Crippen LogP contribution in [0.25, 0.3) is 11.0 Å². The van der Waals surface area contributed by atoms with E-state index in [1.165, 1.54) is 6.07 Å². The van der Waals surface area contributed by atoms with Crippen LogP contribution >= 0.6 is 0 Å². The van der Waals surface area contributed by atoms with Crippen molar-refractivity contribution in [3.05, 3.63) is 96.1 Å². The van der Waals surface area contributed by atoms with Crippen molar-refractivity contribution in [1.29, 1.82) is 0 Å². The van der Waals surface area contributed by atoms with Gasteiger partial charge in [-0.2, -0.15) is 0 Å². The summed E-state index contributed by atoms with van der Waals surface area (Å²) < 4.78 is 14.1. The lowest BCUT2D eigenvalue weighted by Gasteiger charge is -1.91. The largest absolute Gasteiger partial charge is 0.473 e. The van der Waals surface area contributed by atoms with Gasteiger partial charge in [0.05, 0.1) is 25.1 Å². The van der Waals surface area contributed by atoms with E-state index in [0.29, 0.717) is 5.58 Å².